The predicted octanol–water partition coefficient (Wildman–Crippen LogP) is 1.20. The van der Waals surface area contributed by atoms with Gasteiger partial charge in [-0.25, -0.2) is 9.37 Å². The van der Waals surface area contributed by atoms with Crippen LogP contribution in [0.1, 0.15) is 10.5 Å². The molecule has 6 heteroatoms. The number of amides is 1. The average molecular weight is 206 g/mol. The SMILES string of the molecule is O=C(Nc1ccn[nH]1)c1ncccc1F. The zero-order valence-electron chi connectivity index (χ0n) is 7.57. The molecule has 2 N–H and O–H groups in total. The molecule has 0 fully saturated rings. The van der Waals surface area contributed by atoms with Crippen LogP contribution in [0.15, 0.2) is 30.6 Å². The molecule has 0 bridgehead atoms. The lowest BCUT2D eigenvalue weighted by Gasteiger charge is -2.01. The second kappa shape index (κ2) is 3.87. The summed E-state index contributed by atoms with van der Waals surface area (Å²) in [5.41, 5.74) is -0.243. The highest BCUT2D eigenvalue weighted by atomic mass is 19.1. The van der Waals surface area contributed by atoms with E-state index in [1.54, 1.807) is 6.07 Å². The molecule has 2 aromatic heterocycles. The molecule has 0 aliphatic carbocycles. The number of nitrogens with one attached hydrogen (secondary N) is 2. The molecule has 0 radical (unpaired) electrons. The van der Waals surface area contributed by atoms with E-state index in [4.69, 9.17) is 0 Å². The molecule has 2 rings (SSSR count). The molecule has 1 amide bonds. The van der Waals surface area contributed by atoms with Crippen molar-refractivity contribution < 1.29 is 9.18 Å². The maximum absolute atomic E-state index is 13.1. The molecule has 0 saturated carbocycles. The fraction of sp³-hybridized carbons (Fsp3) is 0. The van der Waals surface area contributed by atoms with Crippen LogP contribution in [0.4, 0.5) is 10.2 Å². The monoisotopic (exact) mass is 206 g/mol. The van der Waals surface area contributed by atoms with Crippen LogP contribution in [0.2, 0.25) is 0 Å². The van der Waals surface area contributed by atoms with Gasteiger partial charge in [0.25, 0.3) is 5.91 Å². The number of nitrogens with zero attached hydrogens (tertiary/aromatic N) is 2. The van der Waals surface area contributed by atoms with Gasteiger partial charge in [0.15, 0.2) is 11.5 Å². The van der Waals surface area contributed by atoms with Crippen LogP contribution in [-0.4, -0.2) is 21.1 Å². The van der Waals surface area contributed by atoms with Crippen LogP contribution in [0.5, 0.6) is 0 Å². The standard InChI is InChI=1S/C9H7FN4O/c10-6-2-1-4-11-8(6)9(15)13-7-3-5-12-14-7/h1-5H,(H2,12,13,14,15). The fourth-order valence-electron chi connectivity index (χ4n) is 1.06. The molecule has 0 aromatic carbocycles. The van der Waals surface area contributed by atoms with Crippen LogP contribution in [0, 0.1) is 5.82 Å². The summed E-state index contributed by atoms with van der Waals surface area (Å²) >= 11 is 0. The van der Waals surface area contributed by atoms with Crippen molar-refractivity contribution in [3.8, 4) is 0 Å². The number of H-pyrrole nitrogens is 1. The molecule has 15 heavy (non-hydrogen) atoms. The number of hydrogen-bond donors (Lipinski definition) is 2. The highest BCUT2D eigenvalue weighted by Crippen LogP contribution is 2.06. The first-order valence-electron chi connectivity index (χ1n) is 4.18. The number of anilines is 1. The minimum atomic E-state index is -0.658. The van der Waals surface area contributed by atoms with Crippen molar-refractivity contribution in [1.29, 1.82) is 0 Å². The highest BCUT2D eigenvalue weighted by Gasteiger charge is 2.12. The van der Waals surface area contributed by atoms with Gasteiger partial charge in [-0.3, -0.25) is 9.89 Å². The molecule has 0 aliphatic rings. The van der Waals surface area contributed by atoms with Gasteiger partial charge in [0.1, 0.15) is 5.82 Å². The number of hydrogen-bond acceptors (Lipinski definition) is 3. The van der Waals surface area contributed by atoms with Gasteiger partial charge in [-0.2, -0.15) is 5.10 Å². The Morgan fingerprint density at radius 1 is 1.40 bits per heavy atom. The molecule has 2 heterocycles. The van der Waals surface area contributed by atoms with E-state index in [0.29, 0.717) is 5.82 Å². The number of carbonyl (C=O) groups is 1. The topological polar surface area (TPSA) is 70.7 Å². The van der Waals surface area contributed by atoms with Gasteiger partial charge < -0.3 is 5.32 Å². The van der Waals surface area contributed by atoms with E-state index >= 15 is 0 Å². The lowest BCUT2D eigenvalue weighted by Crippen LogP contribution is -2.15. The van der Waals surface area contributed by atoms with Crippen molar-refractivity contribution in [2.24, 2.45) is 0 Å². The Labute approximate surface area is 84.3 Å². The quantitative estimate of drug-likeness (QED) is 0.775. The van der Waals surface area contributed by atoms with E-state index in [9.17, 15) is 9.18 Å². The lowest BCUT2D eigenvalue weighted by molar-refractivity contribution is 0.101. The van der Waals surface area contributed by atoms with E-state index in [2.05, 4.69) is 20.5 Å². The molecular weight excluding hydrogens is 199 g/mol. The maximum Gasteiger partial charge on any atom is 0.278 e. The van der Waals surface area contributed by atoms with Gasteiger partial charge >= 0.3 is 0 Å². The van der Waals surface area contributed by atoms with E-state index < -0.39 is 11.7 Å². The molecule has 0 unspecified atom stereocenters. The number of aromatic nitrogens is 3. The van der Waals surface area contributed by atoms with Gasteiger partial charge in [-0.05, 0) is 12.1 Å². The first kappa shape index (κ1) is 9.32. The Morgan fingerprint density at radius 2 is 2.27 bits per heavy atom. The van der Waals surface area contributed by atoms with Gasteiger partial charge in [0.2, 0.25) is 0 Å². The number of carbonyl (C=O) groups excluding carboxylic acids is 1. The van der Waals surface area contributed by atoms with Crippen LogP contribution >= 0.6 is 0 Å². The van der Waals surface area contributed by atoms with E-state index in [1.165, 1.54) is 24.5 Å². The number of halogens is 1. The summed E-state index contributed by atoms with van der Waals surface area (Å²) in [6.45, 7) is 0. The van der Waals surface area contributed by atoms with Crippen molar-refractivity contribution in [3.63, 3.8) is 0 Å². The molecule has 0 atom stereocenters. The zero-order valence-corrected chi connectivity index (χ0v) is 7.57. The van der Waals surface area contributed by atoms with Crippen molar-refractivity contribution in [2.45, 2.75) is 0 Å². The summed E-state index contributed by atoms with van der Waals surface area (Å²) < 4.78 is 13.1. The third-order valence-corrected chi connectivity index (χ3v) is 1.72. The number of rotatable bonds is 2. The Hall–Kier alpha value is -2.24. The molecule has 5 nitrogen and oxygen atoms in total. The van der Waals surface area contributed by atoms with Gasteiger partial charge in [-0.15, -0.1) is 0 Å². The summed E-state index contributed by atoms with van der Waals surface area (Å²) in [4.78, 5) is 15.1. The molecule has 0 saturated heterocycles. The minimum Gasteiger partial charge on any atom is -0.306 e. The Balaban J connectivity index is 2.19. The molecule has 0 aliphatic heterocycles. The first-order chi connectivity index (χ1) is 7.27. The normalized spacial score (nSPS) is 9.93. The summed E-state index contributed by atoms with van der Waals surface area (Å²) in [5.74, 6) is -0.878. The van der Waals surface area contributed by atoms with E-state index in [0.717, 1.165) is 0 Å². The largest absolute Gasteiger partial charge is 0.306 e. The van der Waals surface area contributed by atoms with Crippen LogP contribution in [-0.2, 0) is 0 Å². The summed E-state index contributed by atoms with van der Waals surface area (Å²) in [7, 11) is 0. The van der Waals surface area contributed by atoms with Crippen molar-refractivity contribution in [1.82, 2.24) is 15.2 Å². The Kier molecular flexibility index (Phi) is 2.40. The molecule has 2 aromatic rings. The fourth-order valence-corrected chi connectivity index (χ4v) is 1.06. The predicted molar refractivity (Wildman–Crippen MR) is 50.7 cm³/mol. The smallest absolute Gasteiger partial charge is 0.278 e. The second-order valence-electron chi connectivity index (χ2n) is 2.76. The molecule has 76 valence electrons. The van der Waals surface area contributed by atoms with Gasteiger partial charge in [-0.1, -0.05) is 0 Å². The van der Waals surface area contributed by atoms with E-state index in [-0.39, 0.29) is 5.69 Å². The molecular formula is C9H7FN4O. The number of pyridine rings is 1. The minimum absolute atomic E-state index is 0.243. The first-order valence-corrected chi connectivity index (χ1v) is 4.18. The van der Waals surface area contributed by atoms with Crippen molar-refractivity contribution >= 4 is 11.7 Å². The third kappa shape index (κ3) is 1.98. The van der Waals surface area contributed by atoms with Gasteiger partial charge in [0, 0.05) is 12.3 Å². The van der Waals surface area contributed by atoms with Crippen molar-refractivity contribution in [2.75, 3.05) is 5.32 Å². The van der Waals surface area contributed by atoms with Crippen LogP contribution in [0.3, 0.4) is 0 Å². The second-order valence-corrected chi connectivity index (χ2v) is 2.76. The average Bonchev–Trinajstić information content (AvgIpc) is 2.71. The van der Waals surface area contributed by atoms with Crippen molar-refractivity contribution in [3.05, 3.63) is 42.1 Å². The Morgan fingerprint density at radius 3 is 2.93 bits per heavy atom. The highest BCUT2D eigenvalue weighted by molar-refractivity contribution is 6.02. The van der Waals surface area contributed by atoms with Crippen LogP contribution < -0.4 is 5.32 Å². The van der Waals surface area contributed by atoms with Gasteiger partial charge in [0.05, 0.1) is 6.20 Å². The van der Waals surface area contributed by atoms with E-state index in [1.807, 2.05) is 0 Å². The molecule has 0 spiro atoms. The lowest BCUT2D eigenvalue weighted by atomic mass is 10.3. The summed E-state index contributed by atoms with van der Waals surface area (Å²) in [6, 6.07) is 4.15. The maximum atomic E-state index is 13.1. The Bertz CT molecular complexity index is 469. The summed E-state index contributed by atoms with van der Waals surface area (Å²) in [5, 5.41) is 8.58. The number of aromatic amines is 1. The zero-order chi connectivity index (χ0) is 10.7. The van der Waals surface area contributed by atoms with Crippen LogP contribution in [0.25, 0.3) is 0 Å². The summed E-state index contributed by atoms with van der Waals surface area (Å²) in [6.07, 6.45) is 2.83. The third-order valence-electron chi connectivity index (χ3n) is 1.72.